The molecule has 11 amide bonds. The van der Waals surface area contributed by atoms with Crippen molar-refractivity contribution < 1.29 is 67.7 Å². The Labute approximate surface area is 454 Å². The molecule has 20 N–H and O–H groups in total. The first-order valence-electron chi connectivity index (χ1n) is 25.6. The maximum absolute atomic E-state index is 14.4. The molecule has 0 aromatic heterocycles. The van der Waals surface area contributed by atoms with Gasteiger partial charge in [-0.25, -0.2) is 0 Å². The van der Waals surface area contributed by atoms with Gasteiger partial charge >= 0.3 is 5.97 Å². The number of guanidine groups is 1. The molecule has 4 rings (SSSR count). The normalized spacial score (nSPS) is 16.9. The van der Waals surface area contributed by atoms with Crippen LogP contribution in [-0.4, -0.2) is 167 Å². The molecule has 2 fully saturated rings. The van der Waals surface area contributed by atoms with Crippen LogP contribution >= 0.6 is 0 Å². The number of amides is 11. The summed E-state index contributed by atoms with van der Waals surface area (Å²) in [4.78, 5) is 164. The average Bonchev–Trinajstić information content (AvgIpc) is 4.14. The molecule has 2 aliphatic heterocycles. The van der Waals surface area contributed by atoms with Gasteiger partial charge in [-0.3, -0.25) is 62.5 Å². The third kappa shape index (κ3) is 21.6. The molecular formula is C50H71N15O14. The molecule has 0 radical (unpaired) electrons. The van der Waals surface area contributed by atoms with Crippen molar-refractivity contribution in [2.75, 3.05) is 26.2 Å². The Morgan fingerprint density at radius 1 is 0.595 bits per heavy atom. The molecule has 0 bridgehead atoms. The lowest BCUT2D eigenvalue weighted by atomic mass is 10.0. The number of carboxylic acid groups (broad SMARTS) is 1. The van der Waals surface area contributed by atoms with Crippen LogP contribution in [0.5, 0.6) is 5.75 Å². The van der Waals surface area contributed by atoms with Crippen LogP contribution in [0.4, 0.5) is 0 Å². The van der Waals surface area contributed by atoms with Crippen molar-refractivity contribution >= 4 is 76.9 Å². The first-order valence-corrected chi connectivity index (χ1v) is 25.6. The minimum Gasteiger partial charge on any atom is -0.508 e. The van der Waals surface area contributed by atoms with E-state index in [2.05, 4.69) is 47.5 Å². The average molecular weight is 1110 g/mol. The van der Waals surface area contributed by atoms with E-state index in [9.17, 15) is 67.7 Å². The molecule has 29 nitrogen and oxygen atoms in total. The Bertz CT molecular complexity index is 2540. The largest absolute Gasteiger partial charge is 0.508 e. The molecule has 430 valence electrons. The van der Waals surface area contributed by atoms with E-state index in [0.717, 1.165) is 11.3 Å². The minimum absolute atomic E-state index is 0.0289. The highest BCUT2D eigenvalue weighted by molar-refractivity contribution is 5.99. The molecular weight excluding hydrogens is 1030 g/mol. The molecule has 0 spiro atoms. The quantitative estimate of drug-likeness (QED) is 0.0185. The van der Waals surface area contributed by atoms with Crippen LogP contribution in [0.25, 0.3) is 0 Å². The number of carboxylic acids is 1. The van der Waals surface area contributed by atoms with Gasteiger partial charge in [0.25, 0.3) is 0 Å². The van der Waals surface area contributed by atoms with E-state index >= 15 is 0 Å². The smallest absolute Gasteiger partial charge is 0.303 e. The Kier molecular flexibility index (Phi) is 24.9. The number of phenols is 1. The third-order valence-corrected chi connectivity index (χ3v) is 12.8. The molecule has 2 aliphatic rings. The molecule has 2 heterocycles. The maximum atomic E-state index is 14.4. The first kappa shape index (κ1) is 62.6. The van der Waals surface area contributed by atoms with Crippen molar-refractivity contribution in [3.8, 4) is 5.75 Å². The number of carbonyl (C=O) groups excluding carboxylic acids is 11. The van der Waals surface area contributed by atoms with E-state index in [-0.39, 0.29) is 63.3 Å². The molecule has 29 heteroatoms. The van der Waals surface area contributed by atoms with Gasteiger partial charge in [0.05, 0.1) is 19.0 Å². The zero-order valence-electron chi connectivity index (χ0n) is 43.4. The summed E-state index contributed by atoms with van der Waals surface area (Å²) >= 11 is 0. The van der Waals surface area contributed by atoms with Crippen molar-refractivity contribution in [3.05, 3.63) is 65.7 Å². The van der Waals surface area contributed by atoms with E-state index in [1.807, 2.05) is 0 Å². The van der Waals surface area contributed by atoms with Crippen LogP contribution in [0.1, 0.15) is 81.8 Å². The van der Waals surface area contributed by atoms with Crippen LogP contribution in [0, 0.1) is 0 Å². The number of primary amides is 3. The predicted molar refractivity (Wildman–Crippen MR) is 281 cm³/mol. The van der Waals surface area contributed by atoms with Gasteiger partial charge in [-0.1, -0.05) is 42.5 Å². The second-order valence-electron chi connectivity index (χ2n) is 19.0. The van der Waals surface area contributed by atoms with Gasteiger partial charge in [-0.15, -0.1) is 0 Å². The van der Waals surface area contributed by atoms with Gasteiger partial charge in [0.2, 0.25) is 65.0 Å². The fourth-order valence-electron chi connectivity index (χ4n) is 8.74. The summed E-state index contributed by atoms with van der Waals surface area (Å²) in [6.45, 7) is 0.0238. The zero-order chi connectivity index (χ0) is 58.2. The zero-order valence-corrected chi connectivity index (χ0v) is 43.4. The van der Waals surface area contributed by atoms with E-state index < -0.39 is 158 Å². The number of hydrogen-bond acceptors (Lipinski definition) is 15. The highest BCUT2D eigenvalue weighted by Crippen LogP contribution is 2.21. The highest BCUT2D eigenvalue weighted by Gasteiger charge is 2.40. The van der Waals surface area contributed by atoms with Crippen LogP contribution in [0.15, 0.2) is 59.6 Å². The van der Waals surface area contributed by atoms with Crippen molar-refractivity contribution in [1.29, 1.82) is 0 Å². The van der Waals surface area contributed by atoms with Gasteiger partial charge < -0.3 is 86.3 Å². The lowest BCUT2D eigenvalue weighted by Crippen LogP contribution is -2.61. The molecule has 0 unspecified atom stereocenters. The molecule has 2 saturated heterocycles. The Hall–Kier alpha value is -8.89. The van der Waals surface area contributed by atoms with Gasteiger partial charge in [0, 0.05) is 38.8 Å². The van der Waals surface area contributed by atoms with Crippen molar-refractivity contribution in [2.45, 2.75) is 132 Å². The van der Waals surface area contributed by atoms with Crippen LogP contribution < -0.4 is 71.2 Å². The number of carbonyl (C=O) groups is 12. The summed E-state index contributed by atoms with van der Waals surface area (Å²) < 4.78 is 0. The van der Waals surface area contributed by atoms with Crippen molar-refractivity contribution in [3.63, 3.8) is 0 Å². The lowest BCUT2D eigenvalue weighted by molar-refractivity contribution is -0.143. The number of phenolic OH excluding ortho intramolecular Hbond substituents is 1. The van der Waals surface area contributed by atoms with Gasteiger partial charge in [-0.05, 0) is 81.2 Å². The molecule has 0 saturated carbocycles. The Morgan fingerprint density at radius 3 is 1.75 bits per heavy atom. The number of hydrogen-bond donors (Lipinski definition) is 15. The summed E-state index contributed by atoms with van der Waals surface area (Å²) in [5.41, 5.74) is 28.0. The third-order valence-electron chi connectivity index (χ3n) is 12.8. The summed E-state index contributed by atoms with van der Waals surface area (Å²) in [7, 11) is 0. The van der Waals surface area contributed by atoms with Gasteiger partial charge in [0.15, 0.2) is 5.96 Å². The number of nitrogens with one attached hydrogen (secondary N) is 8. The minimum atomic E-state index is -1.91. The monoisotopic (exact) mass is 1110 g/mol. The second kappa shape index (κ2) is 31.4. The lowest BCUT2D eigenvalue weighted by Gasteiger charge is -2.30. The number of likely N-dealkylation sites (tertiary alicyclic amines) is 1. The standard InChI is InChI=1S/C50H71N15O14/c51-38(67)18-16-32(59-45(75)34(23-27-7-2-1-3-8-27)63-46(76)35(24-28-12-14-29(66)15-13-28)62-43(73)30-9-4-20-56-30)44(74)64-36(25-39(52)68)47(77)61-33(17-19-41(70)71)49(79)65-22-6-11-37(65)48(78)60-31(10-5-21-57-50(54)55)42(72)58-26-40(53)69/h1-3,7-8,12-15,30-37,56,66H,4-6,9-11,16-26H2,(H2,51,67)(H2,52,68)(H2,53,69)(H,58,72)(H,59,75)(H,60,78)(H,61,77)(H,62,73)(H,63,76)(H,64,74)(H,70,71)(H4,54,55,57)/t30-,31-,32-,33-,34-,35-,36-,37-/m0/s1. The van der Waals surface area contributed by atoms with Crippen molar-refractivity contribution in [2.24, 2.45) is 33.7 Å². The predicted octanol–water partition coefficient (Wildman–Crippen LogP) is -5.51. The first-order chi connectivity index (χ1) is 37.5. The summed E-state index contributed by atoms with van der Waals surface area (Å²) in [6, 6.07) is 3.14. The number of nitrogens with two attached hydrogens (primary N) is 5. The van der Waals surface area contributed by atoms with Crippen LogP contribution in [-0.2, 0) is 70.4 Å². The summed E-state index contributed by atoms with van der Waals surface area (Å²) in [5.74, 6) is -11.8. The van der Waals surface area contributed by atoms with Crippen molar-refractivity contribution in [1.82, 2.24) is 47.4 Å². The number of aliphatic carboxylic acids is 1. The Morgan fingerprint density at radius 2 is 1.15 bits per heavy atom. The number of nitrogens with zero attached hydrogens (tertiary/aromatic N) is 2. The highest BCUT2D eigenvalue weighted by atomic mass is 16.4. The van der Waals surface area contributed by atoms with E-state index in [0.29, 0.717) is 24.1 Å². The molecule has 8 atom stereocenters. The molecule has 2 aromatic rings. The van der Waals surface area contributed by atoms with E-state index in [1.54, 1.807) is 42.5 Å². The second-order valence-corrected chi connectivity index (χ2v) is 19.0. The number of rotatable bonds is 32. The topological polar surface area (TPSA) is 487 Å². The van der Waals surface area contributed by atoms with E-state index in [1.165, 1.54) is 12.1 Å². The summed E-state index contributed by atoms with van der Waals surface area (Å²) in [6.07, 6.45) is -1.72. The van der Waals surface area contributed by atoms with Crippen LogP contribution in [0.3, 0.4) is 0 Å². The number of aliphatic imine (C=N–C) groups is 1. The van der Waals surface area contributed by atoms with Crippen LogP contribution in [0.2, 0.25) is 0 Å². The van der Waals surface area contributed by atoms with Gasteiger partial charge in [-0.2, -0.15) is 0 Å². The fraction of sp³-hybridized carbons (Fsp3) is 0.500. The SMILES string of the molecule is NC(=O)CC[C@H](NC(=O)[C@H](Cc1ccccc1)NC(=O)[C@H](Cc1ccc(O)cc1)NC(=O)[C@@H]1CCCN1)C(=O)N[C@@H](CC(N)=O)C(=O)N[C@@H](CCC(=O)O)C(=O)N1CCC[C@H]1C(=O)N[C@@H](CCCN=C(N)N)C(=O)NCC(N)=O. The van der Waals surface area contributed by atoms with Gasteiger partial charge in [0.1, 0.15) is 48.0 Å². The Balaban J connectivity index is 1.58. The maximum Gasteiger partial charge on any atom is 0.303 e. The fourth-order valence-corrected chi connectivity index (χ4v) is 8.74. The molecule has 0 aliphatic carbocycles. The molecule has 79 heavy (non-hydrogen) atoms. The number of benzene rings is 2. The van der Waals surface area contributed by atoms with E-state index in [4.69, 9.17) is 28.7 Å². The molecule has 2 aromatic carbocycles. The summed E-state index contributed by atoms with van der Waals surface area (Å²) in [5, 5.41) is 40.0. The number of aromatic hydroxyl groups is 1.